The Balaban J connectivity index is 4.15. The van der Waals surface area contributed by atoms with Crippen molar-refractivity contribution in [3.63, 3.8) is 0 Å². The summed E-state index contributed by atoms with van der Waals surface area (Å²) >= 11 is 0. The Labute approximate surface area is 463 Å². The van der Waals surface area contributed by atoms with E-state index in [0.717, 1.165) is 89.9 Å². The Kier molecular flexibility index (Phi) is 59.3. The minimum atomic E-state index is -0.816. The molecule has 0 aromatic heterocycles. The topological polar surface area (TPSA) is 78.9 Å². The highest BCUT2D eigenvalue weighted by atomic mass is 16.6. The zero-order valence-electron chi connectivity index (χ0n) is 49.0. The predicted octanol–water partition coefficient (Wildman–Crippen LogP) is 21.4. The minimum absolute atomic E-state index is 0.107. The van der Waals surface area contributed by atoms with Crippen molar-refractivity contribution in [3.05, 3.63) is 109 Å². The molecule has 0 aromatic carbocycles. The maximum Gasteiger partial charge on any atom is 0.306 e. The van der Waals surface area contributed by atoms with Crippen LogP contribution in [0.3, 0.4) is 0 Å². The number of unbranched alkanes of at least 4 members (excludes halogenated alkanes) is 27. The minimum Gasteiger partial charge on any atom is -0.462 e. The lowest BCUT2D eigenvalue weighted by Gasteiger charge is -2.18. The van der Waals surface area contributed by atoms with Crippen molar-refractivity contribution >= 4 is 17.9 Å². The molecule has 0 spiro atoms. The number of carbonyl (C=O) groups is 3. The molecule has 0 heterocycles. The van der Waals surface area contributed by atoms with Crippen LogP contribution in [-0.2, 0) is 28.6 Å². The molecule has 0 saturated carbocycles. The number of hydrogen-bond donors (Lipinski definition) is 0. The van der Waals surface area contributed by atoms with Gasteiger partial charge in [0.1, 0.15) is 13.2 Å². The summed E-state index contributed by atoms with van der Waals surface area (Å²) in [5.41, 5.74) is 0. The van der Waals surface area contributed by atoms with Gasteiger partial charge in [0.15, 0.2) is 6.10 Å². The average molecular weight is 1040 g/mol. The summed E-state index contributed by atoms with van der Waals surface area (Å²) in [6.07, 6.45) is 85.7. The first-order valence-electron chi connectivity index (χ1n) is 31.4. The van der Waals surface area contributed by atoms with Crippen LogP contribution < -0.4 is 0 Å². The van der Waals surface area contributed by atoms with Gasteiger partial charge >= 0.3 is 17.9 Å². The van der Waals surface area contributed by atoms with E-state index in [1.165, 1.54) is 154 Å². The Morgan fingerprint density at radius 2 is 0.547 bits per heavy atom. The largest absolute Gasteiger partial charge is 0.462 e. The van der Waals surface area contributed by atoms with Gasteiger partial charge in [-0.15, -0.1) is 0 Å². The highest BCUT2D eigenvalue weighted by molar-refractivity contribution is 5.71. The van der Waals surface area contributed by atoms with Gasteiger partial charge in [0.05, 0.1) is 0 Å². The van der Waals surface area contributed by atoms with Crippen LogP contribution in [0.1, 0.15) is 290 Å². The summed E-state index contributed by atoms with van der Waals surface area (Å²) in [7, 11) is 0. The molecule has 0 fully saturated rings. The van der Waals surface area contributed by atoms with Gasteiger partial charge in [-0.2, -0.15) is 0 Å². The molecule has 0 bridgehead atoms. The molecule has 0 amide bonds. The quantitative estimate of drug-likeness (QED) is 0.0261. The van der Waals surface area contributed by atoms with E-state index in [1.54, 1.807) is 0 Å². The van der Waals surface area contributed by atoms with Crippen LogP contribution in [0.4, 0.5) is 0 Å². The summed E-state index contributed by atoms with van der Waals surface area (Å²) in [5.74, 6) is -0.995. The zero-order valence-corrected chi connectivity index (χ0v) is 49.0. The van der Waals surface area contributed by atoms with Crippen LogP contribution in [0, 0.1) is 0 Å². The molecule has 6 nitrogen and oxygen atoms in total. The number of esters is 3. The highest BCUT2D eigenvalue weighted by Crippen LogP contribution is 2.16. The third-order valence-corrected chi connectivity index (χ3v) is 13.3. The van der Waals surface area contributed by atoms with E-state index < -0.39 is 12.1 Å². The molecule has 0 saturated heterocycles. The van der Waals surface area contributed by atoms with Crippen molar-refractivity contribution in [1.82, 2.24) is 0 Å². The van der Waals surface area contributed by atoms with E-state index >= 15 is 0 Å². The molecule has 0 aliphatic carbocycles. The predicted molar refractivity (Wildman–Crippen MR) is 325 cm³/mol. The fourth-order valence-corrected chi connectivity index (χ4v) is 8.59. The second-order valence-corrected chi connectivity index (χ2v) is 20.6. The first kappa shape index (κ1) is 71.1. The van der Waals surface area contributed by atoms with Crippen LogP contribution in [0.5, 0.6) is 0 Å². The Morgan fingerprint density at radius 1 is 0.280 bits per heavy atom. The van der Waals surface area contributed by atoms with E-state index in [4.69, 9.17) is 14.2 Å². The van der Waals surface area contributed by atoms with E-state index in [1.807, 2.05) is 6.08 Å². The maximum atomic E-state index is 12.8. The van der Waals surface area contributed by atoms with Gasteiger partial charge in [-0.05, 0) is 96.3 Å². The van der Waals surface area contributed by atoms with Gasteiger partial charge in [-0.25, -0.2) is 0 Å². The van der Waals surface area contributed by atoms with Crippen LogP contribution in [0.25, 0.3) is 0 Å². The van der Waals surface area contributed by atoms with Crippen molar-refractivity contribution in [3.8, 4) is 0 Å². The van der Waals surface area contributed by atoms with E-state index in [2.05, 4.69) is 124 Å². The van der Waals surface area contributed by atoms with Gasteiger partial charge < -0.3 is 14.2 Å². The summed E-state index contributed by atoms with van der Waals surface area (Å²) in [6.45, 7) is 6.42. The van der Waals surface area contributed by atoms with E-state index in [9.17, 15) is 14.4 Å². The van der Waals surface area contributed by atoms with Crippen molar-refractivity contribution < 1.29 is 28.6 Å². The summed E-state index contributed by atoms with van der Waals surface area (Å²) in [5, 5.41) is 0. The fourth-order valence-electron chi connectivity index (χ4n) is 8.59. The van der Waals surface area contributed by atoms with Gasteiger partial charge in [0.2, 0.25) is 0 Å². The van der Waals surface area contributed by atoms with Crippen molar-refractivity contribution in [2.45, 2.75) is 297 Å². The van der Waals surface area contributed by atoms with Crippen LogP contribution in [-0.4, -0.2) is 37.2 Å². The molecule has 0 aromatic rings. The SMILES string of the molecule is CC/C=C\C/C=C\C/C=C\C/C=C\C/C=C\C/C=C\CCC(=O)OC(COC(=O)CCCCCCCCC)COC(=O)CCCCCCCCCCCCCCCCCC/C=C\C/C=C\C/C=C\CCCCCCC. The van der Waals surface area contributed by atoms with Crippen molar-refractivity contribution in [1.29, 1.82) is 0 Å². The molecule has 0 rings (SSSR count). The molecule has 0 radical (unpaired) electrons. The molecule has 1 unspecified atom stereocenters. The molecular formula is C69H116O6. The van der Waals surface area contributed by atoms with E-state index in [0.29, 0.717) is 19.3 Å². The zero-order chi connectivity index (χ0) is 54.3. The normalized spacial score (nSPS) is 12.8. The van der Waals surface area contributed by atoms with E-state index in [-0.39, 0.29) is 31.6 Å². The second kappa shape index (κ2) is 62.6. The monoisotopic (exact) mass is 1040 g/mol. The first-order valence-corrected chi connectivity index (χ1v) is 31.4. The summed E-state index contributed by atoms with van der Waals surface area (Å²) in [6, 6.07) is 0. The molecule has 0 aliphatic heterocycles. The van der Waals surface area contributed by atoms with Gasteiger partial charge in [0, 0.05) is 19.3 Å². The number of hydrogen-bond acceptors (Lipinski definition) is 6. The molecule has 1 atom stereocenters. The van der Waals surface area contributed by atoms with Gasteiger partial charge in [-0.3, -0.25) is 14.4 Å². The lowest BCUT2D eigenvalue weighted by Crippen LogP contribution is -2.30. The standard InChI is InChI=1S/C69H116O6/c1-4-7-10-13-16-18-20-22-24-26-28-29-30-31-32-33-34-35-36-37-38-39-41-42-44-46-48-50-53-56-59-62-68(71)74-65-66(64-73-67(70)61-58-55-52-15-12-9-6-3)75-69(72)63-60-57-54-51-49-47-45-43-40-27-25-23-21-19-17-14-11-8-5-2/h8,11,17,19-20,22-23,25-26,28,30-31,40,43,47,49,54,57,66H,4-7,9-10,12-16,18,21,24,27,29,32-39,41-42,44-46,48,50-53,55-56,58-65H2,1-3H3/b11-8-,19-17-,22-20-,25-23-,28-26-,31-30-,43-40-,49-47-,57-54-. The lowest BCUT2D eigenvalue weighted by molar-refractivity contribution is -0.166. The van der Waals surface area contributed by atoms with Gasteiger partial charge in [-0.1, -0.05) is 284 Å². The second-order valence-electron chi connectivity index (χ2n) is 20.6. The lowest BCUT2D eigenvalue weighted by atomic mass is 10.0. The number of allylic oxidation sites excluding steroid dienone is 18. The number of ether oxygens (including phenoxy) is 3. The summed E-state index contributed by atoms with van der Waals surface area (Å²) < 4.78 is 16.7. The smallest absolute Gasteiger partial charge is 0.306 e. The number of carbonyl (C=O) groups excluding carboxylic acids is 3. The Bertz CT molecular complexity index is 1520. The molecule has 6 heteroatoms. The molecule has 0 aliphatic rings. The molecule has 75 heavy (non-hydrogen) atoms. The van der Waals surface area contributed by atoms with Crippen LogP contribution in [0.15, 0.2) is 109 Å². The third-order valence-electron chi connectivity index (χ3n) is 13.3. The molecular weight excluding hydrogens is 925 g/mol. The maximum absolute atomic E-state index is 12.8. The average Bonchev–Trinajstić information content (AvgIpc) is 3.41. The van der Waals surface area contributed by atoms with Crippen molar-refractivity contribution in [2.24, 2.45) is 0 Å². The van der Waals surface area contributed by atoms with Gasteiger partial charge in [0.25, 0.3) is 0 Å². The van der Waals surface area contributed by atoms with Crippen LogP contribution in [0.2, 0.25) is 0 Å². The Hall–Kier alpha value is -3.93. The Morgan fingerprint density at radius 3 is 0.867 bits per heavy atom. The fraction of sp³-hybridized carbons (Fsp3) is 0.696. The first-order chi connectivity index (χ1) is 37.0. The highest BCUT2D eigenvalue weighted by Gasteiger charge is 2.19. The van der Waals surface area contributed by atoms with Crippen LogP contribution >= 0.6 is 0 Å². The third kappa shape index (κ3) is 60.8. The molecule has 0 N–H and O–H groups in total. The van der Waals surface area contributed by atoms with Crippen molar-refractivity contribution in [2.75, 3.05) is 13.2 Å². The number of rotatable bonds is 56. The molecule has 428 valence electrons. The summed E-state index contributed by atoms with van der Waals surface area (Å²) in [4.78, 5) is 38.0.